The fraction of sp³-hybridized carbons (Fsp3) is 0.360. The van der Waals surface area contributed by atoms with Crippen LogP contribution in [-0.2, 0) is 9.59 Å². The lowest BCUT2D eigenvalue weighted by atomic mass is 10.1. The maximum Gasteiger partial charge on any atom is 0.282 e. The minimum Gasteiger partial charge on any atom is -0.324 e. The van der Waals surface area contributed by atoms with E-state index in [9.17, 15) is 9.59 Å². The van der Waals surface area contributed by atoms with E-state index in [1.165, 1.54) is 10.5 Å². The Morgan fingerprint density at radius 3 is 2.48 bits per heavy atom. The quantitative estimate of drug-likeness (QED) is 0.650. The first-order chi connectivity index (χ1) is 15.1. The van der Waals surface area contributed by atoms with Gasteiger partial charge in [-0.2, -0.15) is 0 Å². The van der Waals surface area contributed by atoms with Gasteiger partial charge < -0.3 is 20.0 Å². The average Bonchev–Trinajstić information content (AvgIpc) is 2.90. The Bertz CT molecular complexity index is 936. The average molecular weight is 421 g/mol. The SMILES string of the molecule is C[C@H]1CC(=O)Nc2ccccc2N1C(=O)C[NH+]1CC[NH+](C/C=C/c2ccccc2)CC1. The number of carbonyl (C=O) groups is 2. The third kappa shape index (κ3) is 5.40. The van der Waals surface area contributed by atoms with E-state index in [2.05, 4.69) is 41.7 Å². The molecule has 2 aromatic carbocycles. The lowest BCUT2D eigenvalue weighted by Gasteiger charge is -2.32. The molecule has 0 aliphatic carbocycles. The van der Waals surface area contributed by atoms with E-state index in [-0.39, 0.29) is 17.9 Å². The van der Waals surface area contributed by atoms with Crippen LogP contribution in [0.4, 0.5) is 11.4 Å². The zero-order valence-electron chi connectivity index (χ0n) is 18.1. The highest BCUT2D eigenvalue weighted by Crippen LogP contribution is 2.30. The normalized spacial score (nSPS) is 23.8. The first kappa shape index (κ1) is 21.3. The Balaban J connectivity index is 1.32. The smallest absolute Gasteiger partial charge is 0.282 e. The fourth-order valence-corrected chi connectivity index (χ4v) is 4.53. The molecule has 31 heavy (non-hydrogen) atoms. The highest BCUT2D eigenvalue weighted by Gasteiger charge is 2.33. The van der Waals surface area contributed by atoms with Crippen LogP contribution < -0.4 is 20.0 Å². The van der Waals surface area contributed by atoms with Gasteiger partial charge in [-0.25, -0.2) is 0 Å². The Labute approximate surface area is 184 Å². The third-order valence-corrected chi connectivity index (χ3v) is 6.21. The molecule has 162 valence electrons. The molecule has 3 N–H and O–H groups in total. The second-order valence-electron chi connectivity index (χ2n) is 8.58. The molecule has 0 unspecified atom stereocenters. The summed E-state index contributed by atoms with van der Waals surface area (Å²) in [6.07, 6.45) is 4.76. The topological polar surface area (TPSA) is 58.3 Å². The molecule has 0 spiro atoms. The van der Waals surface area contributed by atoms with Crippen molar-refractivity contribution in [2.24, 2.45) is 0 Å². The summed E-state index contributed by atoms with van der Waals surface area (Å²) < 4.78 is 0. The second-order valence-corrected chi connectivity index (χ2v) is 8.58. The lowest BCUT2D eigenvalue weighted by molar-refractivity contribution is -1.01. The molecule has 0 bridgehead atoms. The van der Waals surface area contributed by atoms with E-state index in [4.69, 9.17) is 0 Å². The van der Waals surface area contributed by atoms with Crippen LogP contribution in [0.2, 0.25) is 0 Å². The van der Waals surface area contributed by atoms with E-state index >= 15 is 0 Å². The number of hydrogen-bond donors (Lipinski definition) is 3. The monoisotopic (exact) mass is 420 g/mol. The molecular weight excluding hydrogens is 388 g/mol. The number of nitrogens with zero attached hydrogens (tertiary/aromatic N) is 1. The van der Waals surface area contributed by atoms with Crippen LogP contribution in [0.1, 0.15) is 18.9 Å². The summed E-state index contributed by atoms with van der Waals surface area (Å²) in [6, 6.07) is 17.8. The first-order valence-corrected chi connectivity index (χ1v) is 11.2. The second kappa shape index (κ2) is 9.90. The molecule has 0 aromatic heterocycles. The molecule has 6 nitrogen and oxygen atoms in total. The zero-order chi connectivity index (χ0) is 21.6. The summed E-state index contributed by atoms with van der Waals surface area (Å²) in [5.41, 5.74) is 2.76. The number of fused-ring (bicyclic) bond motifs is 1. The zero-order valence-corrected chi connectivity index (χ0v) is 18.1. The highest BCUT2D eigenvalue weighted by atomic mass is 16.2. The number of anilines is 2. The maximum absolute atomic E-state index is 13.3. The van der Waals surface area contributed by atoms with Gasteiger partial charge in [-0.15, -0.1) is 0 Å². The number of benzene rings is 2. The van der Waals surface area contributed by atoms with Gasteiger partial charge in [0.25, 0.3) is 5.91 Å². The molecule has 2 aliphatic rings. The summed E-state index contributed by atoms with van der Waals surface area (Å²) in [6.45, 7) is 7.54. The number of rotatable bonds is 5. The van der Waals surface area contributed by atoms with Crippen molar-refractivity contribution in [1.29, 1.82) is 0 Å². The van der Waals surface area contributed by atoms with E-state index in [1.807, 2.05) is 42.2 Å². The molecule has 2 amide bonds. The largest absolute Gasteiger partial charge is 0.324 e. The van der Waals surface area contributed by atoms with Gasteiger partial charge in [0.15, 0.2) is 6.54 Å². The van der Waals surface area contributed by atoms with Crippen molar-refractivity contribution in [3.8, 4) is 0 Å². The molecule has 1 atom stereocenters. The Kier molecular flexibility index (Phi) is 6.79. The van der Waals surface area contributed by atoms with Crippen LogP contribution in [0.25, 0.3) is 6.08 Å². The predicted octanol–water partition coefficient (Wildman–Crippen LogP) is 0.247. The summed E-state index contributed by atoms with van der Waals surface area (Å²) in [7, 11) is 0. The van der Waals surface area contributed by atoms with E-state index < -0.39 is 0 Å². The molecule has 0 radical (unpaired) electrons. The van der Waals surface area contributed by atoms with Crippen molar-refractivity contribution >= 4 is 29.3 Å². The molecule has 1 saturated heterocycles. The first-order valence-electron chi connectivity index (χ1n) is 11.2. The van der Waals surface area contributed by atoms with Crippen LogP contribution in [0.15, 0.2) is 60.7 Å². The Hall–Kier alpha value is -2.96. The summed E-state index contributed by atoms with van der Waals surface area (Å²) in [5.74, 6) is 0.0576. The number of quaternary nitrogens is 2. The van der Waals surface area contributed by atoms with Crippen LogP contribution in [0.5, 0.6) is 0 Å². The van der Waals surface area contributed by atoms with Crippen molar-refractivity contribution in [3.63, 3.8) is 0 Å². The molecular formula is C25H32N4O2+2. The Morgan fingerprint density at radius 1 is 1.03 bits per heavy atom. The van der Waals surface area contributed by atoms with Gasteiger partial charge in [-0.3, -0.25) is 9.59 Å². The van der Waals surface area contributed by atoms with Gasteiger partial charge in [-0.05, 0) is 30.7 Å². The van der Waals surface area contributed by atoms with Crippen molar-refractivity contribution in [2.45, 2.75) is 19.4 Å². The van der Waals surface area contributed by atoms with Gasteiger partial charge >= 0.3 is 0 Å². The molecule has 2 aliphatic heterocycles. The molecule has 2 heterocycles. The standard InChI is InChI=1S/C25H30N4O2/c1-20-18-24(30)26-22-11-5-6-12-23(22)29(20)25(31)19-28-16-14-27(15-17-28)13-7-10-21-8-3-2-4-9-21/h2-12,20H,13-19H2,1H3,(H,26,30)/p+2/b10-7+/t20-/m0/s1. The lowest BCUT2D eigenvalue weighted by Crippen LogP contribution is -3.28. The number of carbonyl (C=O) groups excluding carboxylic acids is 2. The molecule has 0 saturated carbocycles. The number of nitrogens with one attached hydrogen (secondary N) is 3. The van der Waals surface area contributed by atoms with Gasteiger partial charge in [0.05, 0.1) is 17.9 Å². The third-order valence-electron chi connectivity index (χ3n) is 6.21. The molecule has 1 fully saturated rings. The minimum atomic E-state index is -0.148. The van der Waals surface area contributed by atoms with Crippen molar-refractivity contribution < 1.29 is 19.4 Å². The van der Waals surface area contributed by atoms with Crippen LogP contribution in [0, 0.1) is 0 Å². The summed E-state index contributed by atoms with van der Waals surface area (Å²) in [5, 5.41) is 2.93. The number of piperazine rings is 1. The van der Waals surface area contributed by atoms with Gasteiger partial charge in [0.1, 0.15) is 26.2 Å². The van der Waals surface area contributed by atoms with Gasteiger partial charge in [0, 0.05) is 12.5 Å². The van der Waals surface area contributed by atoms with Crippen LogP contribution in [0.3, 0.4) is 0 Å². The fourth-order valence-electron chi connectivity index (χ4n) is 4.53. The number of amides is 2. The van der Waals surface area contributed by atoms with E-state index in [1.54, 1.807) is 4.90 Å². The van der Waals surface area contributed by atoms with Crippen molar-refractivity contribution in [1.82, 2.24) is 0 Å². The van der Waals surface area contributed by atoms with Gasteiger partial charge in [0.2, 0.25) is 5.91 Å². The predicted molar refractivity (Wildman–Crippen MR) is 123 cm³/mol. The maximum atomic E-state index is 13.3. The number of para-hydroxylation sites is 2. The molecule has 4 rings (SSSR count). The van der Waals surface area contributed by atoms with Crippen LogP contribution in [-0.4, -0.2) is 57.1 Å². The van der Waals surface area contributed by atoms with Crippen molar-refractivity contribution in [3.05, 3.63) is 66.2 Å². The Morgan fingerprint density at radius 2 is 1.71 bits per heavy atom. The van der Waals surface area contributed by atoms with E-state index in [0.717, 1.165) is 44.1 Å². The highest BCUT2D eigenvalue weighted by molar-refractivity contribution is 6.04. The van der Waals surface area contributed by atoms with Gasteiger partial charge in [-0.1, -0.05) is 48.5 Å². The number of hydrogen-bond acceptors (Lipinski definition) is 2. The summed E-state index contributed by atoms with van der Waals surface area (Å²) >= 11 is 0. The summed E-state index contributed by atoms with van der Waals surface area (Å²) in [4.78, 5) is 30.1. The van der Waals surface area contributed by atoms with Crippen molar-refractivity contribution in [2.75, 3.05) is 49.5 Å². The van der Waals surface area contributed by atoms with E-state index in [0.29, 0.717) is 13.0 Å². The molecule has 2 aromatic rings. The molecule has 6 heteroatoms. The van der Waals surface area contributed by atoms with Crippen LogP contribution >= 0.6 is 0 Å². The minimum absolute atomic E-state index is 0.0385.